The van der Waals surface area contributed by atoms with Crippen molar-refractivity contribution in [3.8, 4) is 0 Å². The Morgan fingerprint density at radius 2 is 2.00 bits per heavy atom. The highest BCUT2D eigenvalue weighted by Crippen LogP contribution is 2.39. The monoisotopic (exact) mass is 250 g/mol. The van der Waals surface area contributed by atoms with Crippen LogP contribution < -0.4 is 5.46 Å². The van der Waals surface area contributed by atoms with Gasteiger partial charge in [0.1, 0.15) is 7.85 Å². The molecule has 1 heterocycles. The second-order valence-electron chi connectivity index (χ2n) is 4.67. The highest BCUT2D eigenvalue weighted by Gasteiger charge is 2.35. The van der Waals surface area contributed by atoms with Crippen molar-refractivity contribution in [3.05, 3.63) is 24.0 Å². The maximum atomic E-state index is 13.0. The molecule has 18 heavy (non-hydrogen) atoms. The van der Waals surface area contributed by atoms with Crippen molar-refractivity contribution in [2.75, 3.05) is 0 Å². The molecule has 3 rings (SSSR count). The lowest BCUT2D eigenvalue weighted by Crippen LogP contribution is -2.19. The Morgan fingerprint density at radius 1 is 1.28 bits per heavy atom. The summed E-state index contributed by atoms with van der Waals surface area (Å²) in [5.41, 5.74) is -0.133. The molecule has 0 bridgehead atoms. The topological polar surface area (TPSA) is 17.8 Å². The summed E-state index contributed by atoms with van der Waals surface area (Å²) in [5, 5.41) is 0. The zero-order valence-electron chi connectivity index (χ0n) is 9.54. The fourth-order valence-corrected chi connectivity index (χ4v) is 2.35. The van der Waals surface area contributed by atoms with Crippen molar-refractivity contribution in [2.24, 2.45) is 0 Å². The number of aromatic nitrogens is 2. The molecule has 1 aliphatic rings. The number of imidazole rings is 1. The van der Waals surface area contributed by atoms with Gasteiger partial charge >= 0.3 is 6.18 Å². The molecule has 1 aromatic carbocycles. The minimum absolute atomic E-state index is 0.0914. The summed E-state index contributed by atoms with van der Waals surface area (Å²) in [6.45, 7) is 0. The van der Waals surface area contributed by atoms with Crippen molar-refractivity contribution in [1.82, 2.24) is 9.55 Å². The molecular weight excluding hydrogens is 240 g/mol. The van der Waals surface area contributed by atoms with Crippen LogP contribution in [0.5, 0.6) is 0 Å². The summed E-state index contributed by atoms with van der Waals surface area (Å²) < 4.78 is 40.8. The lowest BCUT2D eigenvalue weighted by molar-refractivity contribution is -0.136. The highest BCUT2D eigenvalue weighted by atomic mass is 19.4. The van der Waals surface area contributed by atoms with Crippen LogP contribution >= 0.6 is 0 Å². The number of benzene rings is 1. The van der Waals surface area contributed by atoms with Gasteiger partial charge in [0, 0.05) is 6.04 Å². The highest BCUT2D eigenvalue weighted by molar-refractivity contribution is 6.33. The number of hydrogen-bond donors (Lipinski definition) is 0. The number of nitrogens with zero attached hydrogens (tertiary/aromatic N) is 2. The maximum Gasteiger partial charge on any atom is 0.418 e. The van der Waals surface area contributed by atoms with Crippen LogP contribution in [-0.4, -0.2) is 17.4 Å². The third-order valence-corrected chi connectivity index (χ3v) is 3.47. The Kier molecular flexibility index (Phi) is 2.43. The fraction of sp³-hybridized carbons (Fsp3) is 0.417. The van der Waals surface area contributed by atoms with Gasteiger partial charge in [0.05, 0.1) is 22.9 Å². The van der Waals surface area contributed by atoms with E-state index in [-0.39, 0.29) is 17.0 Å². The summed E-state index contributed by atoms with van der Waals surface area (Å²) in [4.78, 5) is 4.04. The predicted octanol–water partition coefficient (Wildman–Crippen LogP) is 2.57. The first-order valence-electron chi connectivity index (χ1n) is 5.80. The third kappa shape index (κ3) is 1.71. The van der Waals surface area contributed by atoms with E-state index in [1.54, 1.807) is 4.57 Å². The van der Waals surface area contributed by atoms with E-state index in [2.05, 4.69) is 4.98 Å². The molecule has 2 radical (unpaired) electrons. The largest absolute Gasteiger partial charge is 0.418 e. The van der Waals surface area contributed by atoms with Crippen molar-refractivity contribution in [3.63, 3.8) is 0 Å². The molecular formula is C12H10BF3N2. The molecule has 2 nitrogen and oxygen atoms in total. The van der Waals surface area contributed by atoms with Crippen molar-refractivity contribution in [2.45, 2.75) is 31.5 Å². The summed E-state index contributed by atoms with van der Waals surface area (Å²) >= 11 is 0. The Bertz CT molecular complexity index is 599. The van der Waals surface area contributed by atoms with E-state index >= 15 is 0 Å². The number of alkyl halides is 3. The Hall–Kier alpha value is -1.46. The lowest BCUT2D eigenvalue weighted by Gasteiger charge is -2.28. The van der Waals surface area contributed by atoms with Crippen molar-refractivity contribution >= 4 is 24.3 Å². The lowest BCUT2D eigenvalue weighted by atomic mass is 9.91. The maximum absolute atomic E-state index is 13.0. The van der Waals surface area contributed by atoms with Crippen LogP contribution in [0.3, 0.4) is 0 Å². The van der Waals surface area contributed by atoms with E-state index in [1.807, 2.05) is 0 Å². The average molecular weight is 250 g/mol. The van der Waals surface area contributed by atoms with Crippen LogP contribution in [0, 0.1) is 0 Å². The zero-order valence-corrected chi connectivity index (χ0v) is 9.54. The van der Waals surface area contributed by atoms with Crippen LogP contribution in [0.2, 0.25) is 0 Å². The summed E-state index contributed by atoms with van der Waals surface area (Å²) in [6, 6.07) is 2.61. The molecule has 0 atom stereocenters. The predicted molar refractivity (Wildman–Crippen MR) is 63.0 cm³/mol. The molecule has 6 heteroatoms. The Morgan fingerprint density at radius 3 is 2.56 bits per heavy atom. The molecule has 1 saturated carbocycles. The number of fused-ring (bicyclic) bond motifs is 1. The SMILES string of the molecule is [B]c1cc(C(F)(F)F)c2c(c1)ncn2C1CCC1. The van der Waals surface area contributed by atoms with Gasteiger partial charge < -0.3 is 4.57 Å². The molecule has 0 amide bonds. The summed E-state index contributed by atoms with van der Waals surface area (Å²) in [6.07, 6.45) is -0.0424. The first kappa shape index (κ1) is 11.6. The quantitative estimate of drug-likeness (QED) is 0.711. The standard InChI is InChI=1S/C12H10BF3N2/c13-7-4-9(12(14,15)16)11-10(5-7)17-6-18(11)8-2-1-3-8/h4-6,8H,1-3H2. The first-order chi connectivity index (χ1) is 8.47. The normalized spacial score (nSPS) is 17.1. The van der Waals surface area contributed by atoms with Gasteiger partial charge in [-0.3, -0.25) is 0 Å². The van der Waals surface area contributed by atoms with Gasteiger partial charge in [-0.05, 0) is 25.3 Å². The number of halogens is 3. The summed E-state index contributed by atoms with van der Waals surface area (Å²) in [7, 11) is 5.50. The van der Waals surface area contributed by atoms with Crippen LogP contribution in [0.15, 0.2) is 18.5 Å². The van der Waals surface area contributed by atoms with Crippen LogP contribution in [0.4, 0.5) is 13.2 Å². The van der Waals surface area contributed by atoms with Gasteiger partial charge in [0.25, 0.3) is 0 Å². The molecule has 0 saturated heterocycles. The van der Waals surface area contributed by atoms with Crippen LogP contribution in [0.25, 0.3) is 11.0 Å². The molecule has 1 aliphatic carbocycles. The molecule has 0 spiro atoms. The van der Waals surface area contributed by atoms with E-state index in [0.717, 1.165) is 25.3 Å². The van der Waals surface area contributed by atoms with Gasteiger partial charge in [-0.2, -0.15) is 13.2 Å². The van der Waals surface area contributed by atoms with Crippen LogP contribution in [0.1, 0.15) is 30.9 Å². The van der Waals surface area contributed by atoms with E-state index in [4.69, 9.17) is 7.85 Å². The second-order valence-corrected chi connectivity index (χ2v) is 4.67. The fourth-order valence-electron chi connectivity index (χ4n) is 2.35. The zero-order chi connectivity index (χ0) is 12.9. The van der Waals surface area contributed by atoms with E-state index in [0.29, 0.717) is 5.52 Å². The molecule has 0 aliphatic heterocycles. The third-order valence-electron chi connectivity index (χ3n) is 3.47. The molecule has 1 fully saturated rings. The molecule has 1 aromatic heterocycles. The number of hydrogen-bond acceptors (Lipinski definition) is 1. The van der Waals surface area contributed by atoms with Gasteiger partial charge in [-0.15, -0.1) is 0 Å². The molecule has 92 valence electrons. The van der Waals surface area contributed by atoms with E-state index < -0.39 is 11.7 Å². The van der Waals surface area contributed by atoms with E-state index in [9.17, 15) is 13.2 Å². The second kappa shape index (κ2) is 3.77. The van der Waals surface area contributed by atoms with Gasteiger partial charge in [0.2, 0.25) is 0 Å². The van der Waals surface area contributed by atoms with E-state index in [1.165, 1.54) is 12.4 Å². The van der Waals surface area contributed by atoms with Gasteiger partial charge in [0.15, 0.2) is 0 Å². The minimum atomic E-state index is -4.41. The Labute approximate surface area is 103 Å². The van der Waals surface area contributed by atoms with Crippen LogP contribution in [-0.2, 0) is 6.18 Å². The average Bonchev–Trinajstić information content (AvgIpc) is 2.56. The van der Waals surface area contributed by atoms with Crippen molar-refractivity contribution < 1.29 is 13.2 Å². The molecule has 0 N–H and O–H groups in total. The van der Waals surface area contributed by atoms with Crippen molar-refractivity contribution in [1.29, 1.82) is 0 Å². The molecule has 0 unspecified atom stereocenters. The number of rotatable bonds is 1. The van der Waals surface area contributed by atoms with Gasteiger partial charge in [-0.1, -0.05) is 11.5 Å². The Balaban J connectivity index is 2.27. The minimum Gasteiger partial charge on any atom is -0.327 e. The summed E-state index contributed by atoms with van der Waals surface area (Å²) in [5.74, 6) is 0. The van der Waals surface area contributed by atoms with Gasteiger partial charge in [-0.25, -0.2) is 4.98 Å². The molecule has 2 aromatic rings. The smallest absolute Gasteiger partial charge is 0.327 e. The first-order valence-corrected chi connectivity index (χ1v) is 5.80.